The van der Waals surface area contributed by atoms with Gasteiger partial charge in [-0.2, -0.15) is 0 Å². The zero-order valence-corrected chi connectivity index (χ0v) is 13.2. The maximum atomic E-state index is 11.2. The van der Waals surface area contributed by atoms with Crippen molar-refractivity contribution in [2.24, 2.45) is 0 Å². The predicted molar refractivity (Wildman–Crippen MR) is 90.6 cm³/mol. The highest BCUT2D eigenvalue weighted by molar-refractivity contribution is 5.78. The van der Waals surface area contributed by atoms with Gasteiger partial charge >= 0.3 is 5.97 Å². The molecule has 23 heavy (non-hydrogen) atoms. The van der Waals surface area contributed by atoms with Crippen molar-refractivity contribution in [1.82, 2.24) is 9.55 Å². The zero-order chi connectivity index (χ0) is 16.1. The third-order valence-electron chi connectivity index (χ3n) is 3.90. The highest BCUT2D eigenvalue weighted by Gasteiger charge is 2.12. The van der Waals surface area contributed by atoms with Crippen LogP contribution < -0.4 is 0 Å². The zero-order valence-electron chi connectivity index (χ0n) is 13.2. The van der Waals surface area contributed by atoms with E-state index in [0.717, 1.165) is 41.8 Å². The first-order chi connectivity index (χ1) is 11.3. The minimum absolute atomic E-state index is 0.151. The van der Waals surface area contributed by atoms with Crippen LogP contribution in [-0.2, 0) is 16.0 Å². The number of carbonyl (C=O) groups excluding carboxylic acids is 1. The van der Waals surface area contributed by atoms with Crippen molar-refractivity contribution in [3.8, 4) is 5.69 Å². The van der Waals surface area contributed by atoms with E-state index in [1.165, 1.54) is 7.11 Å². The van der Waals surface area contributed by atoms with Gasteiger partial charge in [-0.05, 0) is 37.1 Å². The molecule has 0 atom stereocenters. The van der Waals surface area contributed by atoms with Crippen molar-refractivity contribution in [2.75, 3.05) is 7.11 Å². The summed E-state index contributed by atoms with van der Waals surface area (Å²) in [6.07, 6.45) is 3.01. The molecule has 1 heterocycles. The Bertz CT molecular complexity index is 793. The standard InChI is InChI=1S/C19H20N2O2/c1-23-19(22)14-8-7-13-18-20-16-11-5-6-12-17(16)21(18)15-9-3-2-4-10-15/h2-6,9-12H,7-8,13-14H2,1H3. The number of imidazole rings is 1. The number of nitrogens with zero attached hydrogens (tertiary/aromatic N) is 2. The molecule has 4 nitrogen and oxygen atoms in total. The maximum absolute atomic E-state index is 11.2. The first-order valence-corrected chi connectivity index (χ1v) is 7.88. The second-order valence-corrected chi connectivity index (χ2v) is 5.47. The largest absolute Gasteiger partial charge is 0.469 e. The number of hydrogen-bond donors (Lipinski definition) is 0. The number of aryl methyl sites for hydroxylation is 1. The van der Waals surface area contributed by atoms with Crippen LogP contribution in [-0.4, -0.2) is 22.6 Å². The second kappa shape index (κ2) is 7.09. The normalized spacial score (nSPS) is 10.8. The first-order valence-electron chi connectivity index (χ1n) is 7.88. The van der Waals surface area contributed by atoms with Gasteiger partial charge in [0.1, 0.15) is 5.82 Å². The number of aromatic nitrogens is 2. The molecule has 0 saturated carbocycles. The molecule has 4 heteroatoms. The summed E-state index contributed by atoms with van der Waals surface area (Å²) in [6.45, 7) is 0. The lowest BCUT2D eigenvalue weighted by molar-refractivity contribution is -0.140. The fraction of sp³-hybridized carbons (Fsp3) is 0.263. The number of methoxy groups -OCH3 is 1. The van der Waals surface area contributed by atoms with E-state index >= 15 is 0 Å². The summed E-state index contributed by atoms with van der Waals surface area (Å²) in [6, 6.07) is 18.4. The van der Waals surface area contributed by atoms with Crippen molar-refractivity contribution in [1.29, 1.82) is 0 Å². The van der Waals surface area contributed by atoms with Crippen LogP contribution in [0.15, 0.2) is 54.6 Å². The molecule has 0 saturated heterocycles. The molecule has 118 valence electrons. The third kappa shape index (κ3) is 3.42. The van der Waals surface area contributed by atoms with Gasteiger partial charge in [0.2, 0.25) is 0 Å². The average molecular weight is 308 g/mol. The average Bonchev–Trinajstić information content (AvgIpc) is 2.97. The van der Waals surface area contributed by atoms with Gasteiger partial charge in [0, 0.05) is 18.5 Å². The summed E-state index contributed by atoms with van der Waals surface area (Å²) in [5.41, 5.74) is 3.23. The Kier molecular flexibility index (Phi) is 4.71. The number of fused-ring (bicyclic) bond motifs is 1. The molecule has 3 aromatic rings. The fourth-order valence-corrected chi connectivity index (χ4v) is 2.76. The van der Waals surface area contributed by atoms with Crippen molar-refractivity contribution in [3.63, 3.8) is 0 Å². The second-order valence-electron chi connectivity index (χ2n) is 5.47. The molecule has 1 aromatic heterocycles. The number of unbranched alkanes of at least 4 members (excludes halogenated alkanes) is 1. The quantitative estimate of drug-likeness (QED) is 0.512. The highest BCUT2D eigenvalue weighted by atomic mass is 16.5. The SMILES string of the molecule is COC(=O)CCCCc1nc2ccccc2n1-c1ccccc1. The Hall–Kier alpha value is -2.62. The van der Waals surface area contributed by atoms with Crippen LogP contribution in [0.1, 0.15) is 25.1 Å². The number of ether oxygens (including phenoxy) is 1. The summed E-state index contributed by atoms with van der Waals surface area (Å²) < 4.78 is 6.89. The predicted octanol–water partition coefficient (Wildman–Crippen LogP) is 3.91. The topological polar surface area (TPSA) is 44.1 Å². The molecule has 0 spiro atoms. The number of para-hydroxylation sites is 3. The molecule has 0 fully saturated rings. The van der Waals surface area contributed by atoms with E-state index in [0.29, 0.717) is 6.42 Å². The maximum Gasteiger partial charge on any atom is 0.305 e. The lowest BCUT2D eigenvalue weighted by Crippen LogP contribution is -2.03. The van der Waals surface area contributed by atoms with Crippen molar-refractivity contribution >= 4 is 17.0 Å². The number of benzene rings is 2. The molecule has 0 amide bonds. The molecule has 0 aliphatic carbocycles. The Morgan fingerprint density at radius 2 is 1.78 bits per heavy atom. The molecule has 0 N–H and O–H groups in total. The van der Waals surface area contributed by atoms with Crippen LogP contribution in [0.2, 0.25) is 0 Å². The van der Waals surface area contributed by atoms with Crippen LogP contribution >= 0.6 is 0 Å². The van der Waals surface area contributed by atoms with E-state index in [-0.39, 0.29) is 5.97 Å². The summed E-state index contributed by atoms with van der Waals surface area (Å²) in [7, 11) is 1.43. The molecule has 0 aliphatic heterocycles. The first kappa shape index (κ1) is 15.3. The summed E-state index contributed by atoms with van der Waals surface area (Å²) >= 11 is 0. The van der Waals surface area contributed by atoms with Crippen LogP contribution in [0.4, 0.5) is 0 Å². The summed E-state index contributed by atoms with van der Waals surface area (Å²) in [4.78, 5) is 16.0. The van der Waals surface area contributed by atoms with Gasteiger partial charge in [-0.25, -0.2) is 4.98 Å². The van der Waals surface area contributed by atoms with Gasteiger partial charge in [0.25, 0.3) is 0 Å². The molecular formula is C19H20N2O2. The molecule has 2 aromatic carbocycles. The molecular weight excluding hydrogens is 288 g/mol. The monoisotopic (exact) mass is 308 g/mol. The van der Waals surface area contributed by atoms with Crippen LogP contribution in [0.3, 0.4) is 0 Å². The summed E-state index contributed by atoms with van der Waals surface area (Å²) in [5.74, 6) is 0.879. The molecule has 0 bridgehead atoms. The van der Waals surface area contributed by atoms with Gasteiger partial charge in [-0.3, -0.25) is 9.36 Å². The van der Waals surface area contributed by atoms with Crippen LogP contribution in [0.5, 0.6) is 0 Å². The van der Waals surface area contributed by atoms with E-state index in [2.05, 4.69) is 27.5 Å². The number of rotatable bonds is 6. The summed E-state index contributed by atoms with van der Waals surface area (Å²) in [5, 5.41) is 0. The van der Waals surface area contributed by atoms with Crippen molar-refractivity contribution in [2.45, 2.75) is 25.7 Å². The van der Waals surface area contributed by atoms with Gasteiger partial charge in [-0.1, -0.05) is 30.3 Å². The smallest absolute Gasteiger partial charge is 0.305 e. The van der Waals surface area contributed by atoms with Gasteiger partial charge in [0.05, 0.1) is 18.1 Å². The van der Waals surface area contributed by atoms with E-state index in [1.807, 2.05) is 36.4 Å². The van der Waals surface area contributed by atoms with E-state index in [9.17, 15) is 4.79 Å². The number of hydrogen-bond acceptors (Lipinski definition) is 3. The number of carbonyl (C=O) groups is 1. The van der Waals surface area contributed by atoms with Crippen LogP contribution in [0, 0.1) is 0 Å². The number of esters is 1. The lowest BCUT2D eigenvalue weighted by Gasteiger charge is -2.09. The molecule has 3 rings (SSSR count). The van der Waals surface area contributed by atoms with E-state index in [1.54, 1.807) is 0 Å². The Morgan fingerprint density at radius 1 is 1.04 bits per heavy atom. The highest BCUT2D eigenvalue weighted by Crippen LogP contribution is 2.22. The van der Waals surface area contributed by atoms with Crippen molar-refractivity contribution in [3.05, 3.63) is 60.4 Å². The Balaban J connectivity index is 1.86. The third-order valence-corrected chi connectivity index (χ3v) is 3.90. The minimum atomic E-state index is -0.151. The Labute approximate surface area is 135 Å². The lowest BCUT2D eigenvalue weighted by atomic mass is 10.2. The van der Waals surface area contributed by atoms with Crippen LogP contribution in [0.25, 0.3) is 16.7 Å². The van der Waals surface area contributed by atoms with Gasteiger partial charge in [0.15, 0.2) is 0 Å². The molecule has 0 unspecified atom stereocenters. The van der Waals surface area contributed by atoms with Gasteiger partial charge < -0.3 is 4.74 Å². The van der Waals surface area contributed by atoms with E-state index < -0.39 is 0 Å². The van der Waals surface area contributed by atoms with Crippen molar-refractivity contribution < 1.29 is 9.53 Å². The molecule has 0 aliphatic rings. The van der Waals surface area contributed by atoms with E-state index in [4.69, 9.17) is 4.98 Å². The minimum Gasteiger partial charge on any atom is -0.469 e. The van der Waals surface area contributed by atoms with Gasteiger partial charge in [-0.15, -0.1) is 0 Å². The fourth-order valence-electron chi connectivity index (χ4n) is 2.76. The Morgan fingerprint density at radius 3 is 2.57 bits per heavy atom. The molecule has 0 radical (unpaired) electrons.